The number of sulfone groups is 1. The average Bonchev–Trinajstić information content (AvgIpc) is 2.87. The minimum Gasteiger partial charge on any atom is -0.339 e. The molecule has 126 valence electrons. The molecular formula is C18H25NO3S. The van der Waals surface area contributed by atoms with Crippen LogP contribution in [0.25, 0.3) is 0 Å². The molecule has 0 spiro atoms. The van der Waals surface area contributed by atoms with E-state index < -0.39 is 9.84 Å². The van der Waals surface area contributed by atoms with E-state index in [1.165, 1.54) is 12.0 Å². The van der Waals surface area contributed by atoms with Gasteiger partial charge in [-0.05, 0) is 43.6 Å². The monoisotopic (exact) mass is 335 g/mol. The molecule has 5 heteroatoms. The minimum atomic E-state index is -2.90. The van der Waals surface area contributed by atoms with Crippen LogP contribution in [0.15, 0.2) is 30.3 Å². The fourth-order valence-corrected chi connectivity index (χ4v) is 5.69. The molecular weight excluding hydrogens is 310 g/mol. The van der Waals surface area contributed by atoms with E-state index in [9.17, 15) is 13.2 Å². The molecule has 1 aromatic rings. The van der Waals surface area contributed by atoms with E-state index in [1.807, 2.05) is 23.1 Å². The molecule has 0 aliphatic carbocycles. The van der Waals surface area contributed by atoms with E-state index in [0.29, 0.717) is 12.8 Å². The highest BCUT2D eigenvalue weighted by molar-refractivity contribution is 7.91. The van der Waals surface area contributed by atoms with Crippen molar-refractivity contribution in [2.24, 2.45) is 5.92 Å². The number of hydrogen-bond acceptors (Lipinski definition) is 3. The summed E-state index contributed by atoms with van der Waals surface area (Å²) >= 11 is 0. The van der Waals surface area contributed by atoms with Crippen LogP contribution < -0.4 is 0 Å². The van der Waals surface area contributed by atoms with Crippen LogP contribution in [0.1, 0.15) is 37.7 Å². The number of hydrogen-bond donors (Lipinski definition) is 0. The zero-order valence-corrected chi connectivity index (χ0v) is 14.3. The zero-order chi connectivity index (χ0) is 16.3. The summed E-state index contributed by atoms with van der Waals surface area (Å²) in [6.07, 6.45) is 5.20. The molecule has 0 N–H and O–H groups in total. The molecule has 2 aliphatic heterocycles. The van der Waals surface area contributed by atoms with Crippen LogP contribution >= 0.6 is 0 Å². The van der Waals surface area contributed by atoms with Gasteiger partial charge >= 0.3 is 0 Å². The Morgan fingerprint density at radius 1 is 1.13 bits per heavy atom. The van der Waals surface area contributed by atoms with Crippen molar-refractivity contribution in [3.05, 3.63) is 35.9 Å². The normalized spacial score (nSPS) is 27.0. The molecule has 2 saturated heterocycles. The molecule has 0 aromatic heterocycles. The summed E-state index contributed by atoms with van der Waals surface area (Å²) in [5.74, 6) is 0.605. The standard InChI is InChI=1S/C18H25NO3S/c20-18(13-16-9-11-23(21,22)14-16)19-10-5-4-8-17(19)12-15-6-2-1-3-7-15/h1-3,6-7,16-17H,4-5,8-14H2/t16-,17-/m1/s1. The number of carbonyl (C=O) groups is 1. The van der Waals surface area contributed by atoms with Crippen molar-refractivity contribution >= 4 is 15.7 Å². The van der Waals surface area contributed by atoms with Crippen LogP contribution in [0, 0.1) is 5.92 Å². The Morgan fingerprint density at radius 3 is 2.61 bits per heavy atom. The van der Waals surface area contributed by atoms with Crippen molar-refractivity contribution in [2.45, 2.75) is 44.6 Å². The van der Waals surface area contributed by atoms with Gasteiger partial charge in [0.2, 0.25) is 5.91 Å². The van der Waals surface area contributed by atoms with Crippen molar-refractivity contribution in [3.8, 4) is 0 Å². The fraction of sp³-hybridized carbons (Fsp3) is 0.611. The lowest BCUT2D eigenvalue weighted by Gasteiger charge is -2.36. The second-order valence-electron chi connectivity index (χ2n) is 6.90. The number of likely N-dealkylation sites (tertiary alicyclic amines) is 1. The largest absolute Gasteiger partial charge is 0.339 e. The van der Waals surface area contributed by atoms with Crippen LogP contribution in [0.4, 0.5) is 0 Å². The number of carbonyl (C=O) groups excluding carboxylic acids is 1. The van der Waals surface area contributed by atoms with Crippen molar-refractivity contribution in [1.29, 1.82) is 0 Å². The Morgan fingerprint density at radius 2 is 1.91 bits per heavy atom. The first-order valence-corrected chi connectivity index (χ1v) is 10.4. The Kier molecular flexibility index (Phi) is 5.05. The van der Waals surface area contributed by atoms with Gasteiger partial charge in [0, 0.05) is 19.0 Å². The summed E-state index contributed by atoms with van der Waals surface area (Å²) < 4.78 is 23.2. The molecule has 4 nitrogen and oxygen atoms in total. The van der Waals surface area contributed by atoms with Gasteiger partial charge in [0.25, 0.3) is 0 Å². The molecule has 1 amide bonds. The lowest BCUT2D eigenvalue weighted by atomic mass is 9.94. The highest BCUT2D eigenvalue weighted by Gasteiger charge is 2.33. The Hall–Kier alpha value is -1.36. The van der Waals surface area contributed by atoms with Crippen LogP contribution in [-0.4, -0.2) is 43.3 Å². The molecule has 2 atom stereocenters. The first-order chi connectivity index (χ1) is 11.0. The topological polar surface area (TPSA) is 54.5 Å². The second-order valence-corrected chi connectivity index (χ2v) is 9.13. The van der Waals surface area contributed by atoms with Crippen molar-refractivity contribution in [2.75, 3.05) is 18.1 Å². The van der Waals surface area contributed by atoms with Crippen LogP contribution in [-0.2, 0) is 21.1 Å². The molecule has 1 aromatic carbocycles. The molecule has 23 heavy (non-hydrogen) atoms. The first-order valence-electron chi connectivity index (χ1n) is 8.57. The van der Waals surface area contributed by atoms with E-state index in [1.54, 1.807) is 0 Å². The van der Waals surface area contributed by atoms with Crippen LogP contribution in [0.2, 0.25) is 0 Å². The number of nitrogens with zero attached hydrogens (tertiary/aromatic N) is 1. The molecule has 0 bridgehead atoms. The summed E-state index contributed by atoms with van der Waals surface area (Å²) in [4.78, 5) is 14.7. The minimum absolute atomic E-state index is 0.0202. The van der Waals surface area contributed by atoms with E-state index in [4.69, 9.17) is 0 Å². The molecule has 2 fully saturated rings. The third-order valence-corrected chi connectivity index (χ3v) is 6.89. The maximum absolute atomic E-state index is 12.7. The van der Waals surface area contributed by atoms with Crippen molar-refractivity contribution in [3.63, 3.8) is 0 Å². The van der Waals surface area contributed by atoms with Gasteiger partial charge in [-0.25, -0.2) is 8.42 Å². The lowest BCUT2D eigenvalue weighted by molar-refractivity contribution is -0.135. The van der Waals surface area contributed by atoms with E-state index in [2.05, 4.69) is 12.1 Å². The number of amides is 1. The van der Waals surface area contributed by atoms with Crippen LogP contribution in [0.5, 0.6) is 0 Å². The molecule has 2 heterocycles. The number of benzene rings is 1. The van der Waals surface area contributed by atoms with Gasteiger partial charge in [-0.3, -0.25) is 4.79 Å². The second kappa shape index (κ2) is 7.04. The molecule has 0 radical (unpaired) electrons. The van der Waals surface area contributed by atoms with Gasteiger partial charge in [-0.15, -0.1) is 0 Å². The number of rotatable bonds is 4. The lowest BCUT2D eigenvalue weighted by Crippen LogP contribution is -2.45. The molecule has 0 unspecified atom stereocenters. The fourth-order valence-electron chi connectivity index (χ4n) is 3.82. The molecule has 2 aliphatic rings. The van der Waals surface area contributed by atoms with Gasteiger partial charge in [0.1, 0.15) is 0 Å². The average molecular weight is 335 g/mol. The summed E-state index contributed by atoms with van der Waals surface area (Å²) in [6, 6.07) is 10.6. The summed E-state index contributed by atoms with van der Waals surface area (Å²) in [7, 11) is -2.90. The number of piperidine rings is 1. The third-order valence-electron chi connectivity index (χ3n) is 5.05. The predicted molar refractivity (Wildman–Crippen MR) is 90.9 cm³/mol. The maximum Gasteiger partial charge on any atom is 0.223 e. The van der Waals surface area contributed by atoms with Crippen molar-refractivity contribution in [1.82, 2.24) is 4.90 Å². The first kappa shape index (κ1) is 16.5. The third kappa shape index (κ3) is 4.34. The van der Waals surface area contributed by atoms with Gasteiger partial charge in [0.05, 0.1) is 11.5 Å². The smallest absolute Gasteiger partial charge is 0.223 e. The van der Waals surface area contributed by atoms with Gasteiger partial charge in [0.15, 0.2) is 9.84 Å². The Balaban J connectivity index is 1.62. The van der Waals surface area contributed by atoms with Gasteiger partial charge in [-0.1, -0.05) is 30.3 Å². The van der Waals surface area contributed by atoms with Crippen molar-refractivity contribution < 1.29 is 13.2 Å². The molecule has 0 saturated carbocycles. The Bertz CT molecular complexity index is 641. The maximum atomic E-state index is 12.7. The summed E-state index contributed by atoms with van der Waals surface area (Å²) in [5.41, 5.74) is 1.26. The van der Waals surface area contributed by atoms with E-state index in [0.717, 1.165) is 25.8 Å². The summed E-state index contributed by atoms with van der Waals surface area (Å²) in [5, 5.41) is 0. The van der Waals surface area contributed by atoms with Gasteiger partial charge < -0.3 is 4.90 Å². The quantitative estimate of drug-likeness (QED) is 0.849. The van der Waals surface area contributed by atoms with Crippen LogP contribution in [0.3, 0.4) is 0 Å². The Labute approximate surface area is 138 Å². The SMILES string of the molecule is O=C(C[C@H]1CCS(=O)(=O)C1)N1CCCC[C@@H]1Cc1ccccc1. The predicted octanol–water partition coefficient (Wildman–Crippen LogP) is 2.43. The van der Waals surface area contributed by atoms with E-state index in [-0.39, 0.29) is 29.4 Å². The highest BCUT2D eigenvalue weighted by atomic mass is 32.2. The highest BCUT2D eigenvalue weighted by Crippen LogP contribution is 2.26. The zero-order valence-electron chi connectivity index (χ0n) is 13.5. The molecule has 3 rings (SSSR count). The van der Waals surface area contributed by atoms with E-state index >= 15 is 0 Å². The van der Waals surface area contributed by atoms with Gasteiger partial charge in [-0.2, -0.15) is 0 Å². The summed E-state index contributed by atoms with van der Waals surface area (Å²) in [6.45, 7) is 0.815.